The van der Waals surface area contributed by atoms with E-state index in [0.29, 0.717) is 10.4 Å². The Morgan fingerprint density at radius 3 is 2.91 bits per heavy atom. The Morgan fingerprint density at radius 1 is 1.27 bits per heavy atom. The van der Waals surface area contributed by atoms with Gasteiger partial charge in [-0.1, -0.05) is 12.1 Å². The molecule has 1 aromatic carbocycles. The molecule has 2 rings (SSSR count). The van der Waals surface area contributed by atoms with Gasteiger partial charge in [0.2, 0.25) is 0 Å². The van der Waals surface area contributed by atoms with Crippen LogP contribution in [0.3, 0.4) is 0 Å². The van der Waals surface area contributed by atoms with Crippen LogP contribution in [-0.2, 0) is 0 Å². The smallest absolute Gasteiger partial charge is 0.179 e. The van der Waals surface area contributed by atoms with E-state index >= 15 is 0 Å². The predicted molar refractivity (Wildman–Crippen MR) is 38.5 cm³/mol. The van der Waals surface area contributed by atoms with Crippen molar-refractivity contribution in [2.45, 2.75) is 0 Å². The molecule has 4 heteroatoms. The molecule has 4 nitrogen and oxygen atoms in total. The molecule has 2 aromatic rings. The van der Waals surface area contributed by atoms with Gasteiger partial charge in [-0.2, -0.15) is 0 Å². The SMILES string of the molecule is [O-][n+]1nncc2ccccc21. The molecule has 11 heavy (non-hydrogen) atoms. The summed E-state index contributed by atoms with van der Waals surface area (Å²) in [6.45, 7) is 0. The lowest BCUT2D eigenvalue weighted by Gasteiger charge is -1.98. The lowest BCUT2D eigenvalue weighted by atomic mass is 10.2. The zero-order valence-electron chi connectivity index (χ0n) is 5.64. The fraction of sp³-hybridized carbons (Fsp3) is 0. The van der Waals surface area contributed by atoms with E-state index in [-0.39, 0.29) is 0 Å². The summed E-state index contributed by atoms with van der Waals surface area (Å²) >= 11 is 0. The molecule has 54 valence electrons. The summed E-state index contributed by atoms with van der Waals surface area (Å²) in [5, 5.41) is 18.6. The monoisotopic (exact) mass is 147 g/mol. The highest BCUT2D eigenvalue weighted by Crippen LogP contribution is 2.04. The lowest BCUT2D eigenvalue weighted by Crippen LogP contribution is -2.32. The molecule has 0 atom stereocenters. The Labute approximate surface area is 62.7 Å². The molecule has 0 saturated heterocycles. The number of aromatic nitrogens is 3. The third-order valence-corrected chi connectivity index (χ3v) is 1.47. The Bertz CT molecular complexity index is 383. The number of rotatable bonds is 0. The first-order valence-electron chi connectivity index (χ1n) is 3.18. The number of fused-ring (bicyclic) bond motifs is 1. The topological polar surface area (TPSA) is 52.7 Å². The molecular formula is C7H5N3O. The van der Waals surface area contributed by atoms with Crippen molar-refractivity contribution in [1.82, 2.24) is 10.3 Å². The van der Waals surface area contributed by atoms with Crippen LogP contribution in [-0.4, -0.2) is 10.3 Å². The van der Waals surface area contributed by atoms with Crippen molar-refractivity contribution in [2.24, 2.45) is 0 Å². The molecule has 0 aliphatic carbocycles. The number of hydrogen-bond acceptors (Lipinski definition) is 3. The molecule has 0 aliphatic heterocycles. The van der Waals surface area contributed by atoms with E-state index in [1.54, 1.807) is 18.3 Å². The fourth-order valence-electron chi connectivity index (χ4n) is 0.954. The van der Waals surface area contributed by atoms with Gasteiger partial charge in [0, 0.05) is 0 Å². The van der Waals surface area contributed by atoms with Gasteiger partial charge in [0.15, 0.2) is 11.7 Å². The number of para-hydroxylation sites is 1. The number of nitrogens with zero attached hydrogens (tertiary/aromatic N) is 3. The van der Waals surface area contributed by atoms with E-state index in [1.807, 2.05) is 12.1 Å². The molecule has 0 aliphatic rings. The van der Waals surface area contributed by atoms with Crippen molar-refractivity contribution in [2.75, 3.05) is 0 Å². The molecule has 0 unspecified atom stereocenters. The maximum Gasteiger partial charge on any atom is 0.179 e. The molecule has 0 radical (unpaired) electrons. The molecule has 0 saturated carbocycles. The van der Waals surface area contributed by atoms with Gasteiger partial charge in [-0.3, -0.25) is 0 Å². The van der Waals surface area contributed by atoms with Crippen LogP contribution in [0.4, 0.5) is 0 Å². The van der Waals surface area contributed by atoms with Crippen LogP contribution < -0.4 is 4.85 Å². The van der Waals surface area contributed by atoms with E-state index in [2.05, 4.69) is 10.3 Å². The summed E-state index contributed by atoms with van der Waals surface area (Å²) in [5.74, 6) is 0. The van der Waals surface area contributed by atoms with Gasteiger partial charge in [0.25, 0.3) is 0 Å². The summed E-state index contributed by atoms with van der Waals surface area (Å²) in [5.41, 5.74) is 0.544. The van der Waals surface area contributed by atoms with Crippen LogP contribution in [0.1, 0.15) is 0 Å². The highest BCUT2D eigenvalue weighted by atomic mass is 16.5. The van der Waals surface area contributed by atoms with Gasteiger partial charge in [0.05, 0.1) is 10.5 Å². The van der Waals surface area contributed by atoms with Crippen LogP contribution in [0.5, 0.6) is 0 Å². The maximum absolute atomic E-state index is 10.9. The predicted octanol–water partition coefficient (Wildman–Crippen LogP) is 0.263. The van der Waals surface area contributed by atoms with E-state index in [1.165, 1.54) is 0 Å². The Hall–Kier alpha value is -1.71. The zero-order valence-corrected chi connectivity index (χ0v) is 5.64. The summed E-state index contributed by atoms with van der Waals surface area (Å²) in [6, 6.07) is 7.16. The van der Waals surface area contributed by atoms with Crippen LogP contribution in [0, 0.1) is 5.21 Å². The Kier molecular flexibility index (Phi) is 1.18. The first kappa shape index (κ1) is 6.03. The quantitative estimate of drug-likeness (QED) is 0.397. The highest BCUT2D eigenvalue weighted by Gasteiger charge is 1.99. The average molecular weight is 147 g/mol. The summed E-state index contributed by atoms with van der Waals surface area (Å²) in [4.78, 5) is 0.509. The zero-order chi connectivity index (χ0) is 7.68. The Morgan fingerprint density at radius 2 is 2.09 bits per heavy atom. The van der Waals surface area contributed by atoms with E-state index in [9.17, 15) is 5.21 Å². The van der Waals surface area contributed by atoms with Gasteiger partial charge < -0.3 is 5.21 Å². The van der Waals surface area contributed by atoms with Crippen molar-refractivity contribution < 1.29 is 4.85 Å². The molecule has 0 bridgehead atoms. The number of benzene rings is 1. The van der Waals surface area contributed by atoms with Crippen LogP contribution in [0.15, 0.2) is 30.5 Å². The van der Waals surface area contributed by atoms with Crippen molar-refractivity contribution in [1.29, 1.82) is 0 Å². The molecular weight excluding hydrogens is 142 g/mol. The van der Waals surface area contributed by atoms with Crippen LogP contribution in [0.25, 0.3) is 10.9 Å². The second kappa shape index (κ2) is 2.16. The molecule has 0 fully saturated rings. The van der Waals surface area contributed by atoms with Crippen molar-refractivity contribution in [3.63, 3.8) is 0 Å². The minimum Gasteiger partial charge on any atom is -0.691 e. The normalized spacial score (nSPS) is 10.2. The second-order valence-corrected chi connectivity index (χ2v) is 2.17. The largest absolute Gasteiger partial charge is 0.691 e. The van der Waals surface area contributed by atoms with Gasteiger partial charge >= 0.3 is 0 Å². The third-order valence-electron chi connectivity index (χ3n) is 1.47. The average Bonchev–Trinajstić information content (AvgIpc) is 2.06. The first-order valence-corrected chi connectivity index (χ1v) is 3.18. The van der Waals surface area contributed by atoms with Gasteiger partial charge in [0.1, 0.15) is 5.21 Å². The minimum atomic E-state index is 0.509. The van der Waals surface area contributed by atoms with Gasteiger partial charge in [-0.25, -0.2) is 0 Å². The number of hydrogen-bond donors (Lipinski definition) is 0. The fourth-order valence-corrected chi connectivity index (χ4v) is 0.954. The van der Waals surface area contributed by atoms with E-state index in [4.69, 9.17) is 0 Å². The summed E-state index contributed by atoms with van der Waals surface area (Å²) < 4.78 is 0. The molecule has 1 aromatic heterocycles. The summed E-state index contributed by atoms with van der Waals surface area (Å²) in [6.07, 6.45) is 1.56. The van der Waals surface area contributed by atoms with E-state index in [0.717, 1.165) is 5.39 Å². The Balaban J connectivity index is 2.91. The molecule has 0 spiro atoms. The second-order valence-electron chi connectivity index (χ2n) is 2.17. The lowest BCUT2D eigenvalue weighted by molar-refractivity contribution is -0.648. The van der Waals surface area contributed by atoms with Crippen LogP contribution in [0.2, 0.25) is 0 Å². The highest BCUT2D eigenvalue weighted by molar-refractivity contribution is 5.73. The van der Waals surface area contributed by atoms with Crippen LogP contribution >= 0.6 is 0 Å². The minimum absolute atomic E-state index is 0.509. The van der Waals surface area contributed by atoms with Gasteiger partial charge in [-0.05, 0) is 12.1 Å². The molecule has 0 amide bonds. The third kappa shape index (κ3) is 0.881. The van der Waals surface area contributed by atoms with Crippen molar-refractivity contribution in [3.05, 3.63) is 35.7 Å². The first-order chi connectivity index (χ1) is 5.38. The molecule has 0 N–H and O–H groups in total. The standard InChI is InChI=1S/C7H5N3O/c11-10-7-4-2-1-3-6(7)5-8-9-10/h1-5H. The van der Waals surface area contributed by atoms with Crippen molar-refractivity contribution >= 4 is 10.9 Å². The van der Waals surface area contributed by atoms with Crippen molar-refractivity contribution in [3.8, 4) is 0 Å². The van der Waals surface area contributed by atoms with E-state index < -0.39 is 0 Å². The summed E-state index contributed by atoms with van der Waals surface area (Å²) in [7, 11) is 0. The molecule has 1 heterocycles. The maximum atomic E-state index is 10.9. The van der Waals surface area contributed by atoms with Gasteiger partial charge in [-0.15, -0.1) is 4.85 Å².